The summed E-state index contributed by atoms with van der Waals surface area (Å²) in [5.74, 6) is -0.144. The van der Waals surface area contributed by atoms with Gasteiger partial charge in [0, 0.05) is 25.6 Å². The predicted molar refractivity (Wildman–Crippen MR) is 101 cm³/mol. The molecule has 7 nitrogen and oxygen atoms in total. The molecule has 5 rings (SSSR count). The number of nitrogens with one attached hydrogen (secondary N) is 2. The van der Waals surface area contributed by atoms with E-state index in [2.05, 4.69) is 22.8 Å². The maximum atomic E-state index is 12.9. The number of carbonyl (C=O) groups is 2. The van der Waals surface area contributed by atoms with Crippen molar-refractivity contribution in [1.82, 2.24) is 19.8 Å². The van der Waals surface area contributed by atoms with Gasteiger partial charge in [-0.25, -0.2) is 4.79 Å². The Hall–Kier alpha value is -2.41. The molecular formula is C20H24N4O3. The van der Waals surface area contributed by atoms with Crippen molar-refractivity contribution in [3.8, 4) is 0 Å². The van der Waals surface area contributed by atoms with Gasteiger partial charge in [-0.2, -0.15) is 0 Å². The quantitative estimate of drug-likeness (QED) is 0.783. The minimum Gasteiger partial charge on any atom is -0.311 e. The topological polar surface area (TPSA) is 85.1 Å². The first-order chi connectivity index (χ1) is 13.0. The standard InChI is InChI=1S/C20H24N4O3/c1-23-17-10-11(12-8-13-3-4-14(9-12)21-13)2-5-15(17)24(20(23)27)16-6-7-18(25)22-19(16)26/h2,5,10,12-14,16,21H,3-4,6-9H2,1H3,(H,22,25,26). The molecule has 3 atom stereocenters. The van der Waals surface area contributed by atoms with Crippen molar-refractivity contribution in [3.63, 3.8) is 0 Å². The molecule has 1 aromatic heterocycles. The van der Waals surface area contributed by atoms with E-state index in [1.807, 2.05) is 6.07 Å². The average molecular weight is 368 g/mol. The van der Waals surface area contributed by atoms with E-state index in [4.69, 9.17) is 0 Å². The van der Waals surface area contributed by atoms with Crippen LogP contribution in [0.2, 0.25) is 0 Å². The lowest BCUT2D eigenvalue weighted by Gasteiger charge is -2.29. The fourth-order valence-corrected chi connectivity index (χ4v) is 5.19. The number of carbonyl (C=O) groups excluding carboxylic acids is 2. The summed E-state index contributed by atoms with van der Waals surface area (Å²) in [4.78, 5) is 36.6. The summed E-state index contributed by atoms with van der Waals surface area (Å²) >= 11 is 0. The van der Waals surface area contributed by atoms with Crippen molar-refractivity contribution in [2.24, 2.45) is 7.05 Å². The van der Waals surface area contributed by atoms with Crippen LogP contribution in [0.25, 0.3) is 11.0 Å². The van der Waals surface area contributed by atoms with Gasteiger partial charge in [-0.3, -0.25) is 24.0 Å². The Balaban J connectivity index is 1.55. The molecular weight excluding hydrogens is 344 g/mol. The zero-order valence-corrected chi connectivity index (χ0v) is 15.4. The Morgan fingerprint density at radius 2 is 1.74 bits per heavy atom. The number of imide groups is 1. The van der Waals surface area contributed by atoms with Gasteiger partial charge in [0.25, 0.3) is 0 Å². The number of piperidine rings is 2. The van der Waals surface area contributed by atoms with Crippen LogP contribution in [-0.4, -0.2) is 33.0 Å². The van der Waals surface area contributed by atoms with Crippen LogP contribution in [0, 0.1) is 0 Å². The van der Waals surface area contributed by atoms with E-state index in [0.717, 1.165) is 23.9 Å². The van der Waals surface area contributed by atoms with Crippen molar-refractivity contribution in [3.05, 3.63) is 34.2 Å². The fourth-order valence-electron chi connectivity index (χ4n) is 5.19. The van der Waals surface area contributed by atoms with Gasteiger partial charge in [-0.05, 0) is 55.7 Å². The van der Waals surface area contributed by atoms with E-state index in [1.54, 1.807) is 16.2 Å². The molecule has 3 aliphatic heterocycles. The molecule has 3 fully saturated rings. The van der Waals surface area contributed by atoms with Crippen LogP contribution in [0.4, 0.5) is 0 Å². The summed E-state index contributed by atoms with van der Waals surface area (Å²) in [5.41, 5.74) is 2.68. The number of aromatic nitrogens is 2. The Morgan fingerprint density at radius 3 is 2.44 bits per heavy atom. The Kier molecular flexibility index (Phi) is 3.75. The molecule has 2 aromatic rings. The van der Waals surface area contributed by atoms with Crippen LogP contribution >= 0.6 is 0 Å². The molecule has 3 saturated heterocycles. The van der Waals surface area contributed by atoms with Gasteiger partial charge >= 0.3 is 5.69 Å². The summed E-state index contributed by atoms with van der Waals surface area (Å²) in [6.45, 7) is 0. The highest BCUT2D eigenvalue weighted by Gasteiger charge is 2.35. The summed E-state index contributed by atoms with van der Waals surface area (Å²) in [5, 5.41) is 6.03. The molecule has 2 N–H and O–H groups in total. The first kappa shape index (κ1) is 16.7. The van der Waals surface area contributed by atoms with E-state index in [9.17, 15) is 14.4 Å². The molecule has 3 unspecified atom stereocenters. The van der Waals surface area contributed by atoms with Crippen LogP contribution in [0.1, 0.15) is 56.0 Å². The lowest BCUT2D eigenvalue weighted by atomic mass is 9.86. The van der Waals surface area contributed by atoms with Gasteiger partial charge in [-0.1, -0.05) is 6.07 Å². The molecule has 0 spiro atoms. The number of fused-ring (bicyclic) bond motifs is 3. The average Bonchev–Trinajstić information content (AvgIpc) is 3.12. The van der Waals surface area contributed by atoms with E-state index >= 15 is 0 Å². The van der Waals surface area contributed by atoms with Crippen LogP contribution in [0.5, 0.6) is 0 Å². The number of benzene rings is 1. The number of hydrogen-bond acceptors (Lipinski definition) is 4. The van der Waals surface area contributed by atoms with Crippen molar-refractivity contribution in [1.29, 1.82) is 0 Å². The van der Waals surface area contributed by atoms with E-state index in [0.29, 0.717) is 24.4 Å². The second-order valence-corrected chi connectivity index (χ2v) is 8.23. The van der Waals surface area contributed by atoms with Crippen LogP contribution < -0.4 is 16.3 Å². The molecule has 0 saturated carbocycles. The number of amides is 2. The highest BCUT2D eigenvalue weighted by atomic mass is 16.2. The van der Waals surface area contributed by atoms with Crippen molar-refractivity contribution < 1.29 is 9.59 Å². The van der Waals surface area contributed by atoms with Crippen molar-refractivity contribution in [2.75, 3.05) is 0 Å². The smallest absolute Gasteiger partial charge is 0.311 e. The van der Waals surface area contributed by atoms with E-state index in [-0.39, 0.29) is 23.9 Å². The minimum atomic E-state index is -0.625. The number of aryl methyl sites for hydroxylation is 1. The lowest BCUT2D eigenvalue weighted by Crippen LogP contribution is -2.44. The Labute approximate surface area is 156 Å². The maximum absolute atomic E-state index is 12.9. The number of hydrogen-bond donors (Lipinski definition) is 2. The normalized spacial score (nSPS) is 30.7. The molecule has 2 bridgehead atoms. The van der Waals surface area contributed by atoms with Gasteiger partial charge in [0.1, 0.15) is 6.04 Å². The second-order valence-electron chi connectivity index (χ2n) is 8.23. The van der Waals surface area contributed by atoms with Crippen LogP contribution in [0.15, 0.2) is 23.0 Å². The molecule has 3 aliphatic rings. The third-order valence-corrected chi connectivity index (χ3v) is 6.58. The Bertz CT molecular complexity index is 993. The van der Waals surface area contributed by atoms with Crippen LogP contribution in [0.3, 0.4) is 0 Å². The minimum absolute atomic E-state index is 0.206. The monoisotopic (exact) mass is 368 g/mol. The van der Waals surface area contributed by atoms with Crippen molar-refractivity contribution in [2.45, 2.75) is 62.6 Å². The molecule has 4 heterocycles. The van der Waals surface area contributed by atoms with E-state index < -0.39 is 6.04 Å². The fraction of sp³-hybridized carbons (Fsp3) is 0.550. The summed E-state index contributed by atoms with van der Waals surface area (Å²) in [6.07, 6.45) is 5.42. The predicted octanol–water partition coefficient (Wildman–Crippen LogP) is 1.32. The number of nitrogens with zero attached hydrogens (tertiary/aromatic N) is 2. The van der Waals surface area contributed by atoms with Crippen LogP contribution in [-0.2, 0) is 16.6 Å². The molecule has 0 aliphatic carbocycles. The highest BCUT2D eigenvalue weighted by molar-refractivity contribution is 6.00. The molecule has 142 valence electrons. The van der Waals surface area contributed by atoms with Gasteiger partial charge < -0.3 is 5.32 Å². The van der Waals surface area contributed by atoms with E-state index in [1.165, 1.54) is 18.4 Å². The molecule has 7 heteroatoms. The highest BCUT2D eigenvalue weighted by Crippen LogP contribution is 2.38. The van der Waals surface area contributed by atoms with Crippen molar-refractivity contribution >= 4 is 22.8 Å². The zero-order chi connectivity index (χ0) is 18.7. The van der Waals surface area contributed by atoms with Gasteiger partial charge in [0.2, 0.25) is 11.8 Å². The van der Waals surface area contributed by atoms with Gasteiger partial charge in [0.15, 0.2) is 0 Å². The largest absolute Gasteiger partial charge is 0.329 e. The zero-order valence-electron chi connectivity index (χ0n) is 15.4. The van der Waals surface area contributed by atoms with Gasteiger partial charge in [0.05, 0.1) is 11.0 Å². The summed E-state index contributed by atoms with van der Waals surface area (Å²) in [6, 6.07) is 6.80. The molecule has 2 amide bonds. The lowest BCUT2D eigenvalue weighted by molar-refractivity contribution is -0.135. The first-order valence-corrected chi connectivity index (χ1v) is 9.82. The Morgan fingerprint density at radius 1 is 1.00 bits per heavy atom. The number of imidazole rings is 1. The molecule has 1 aromatic carbocycles. The summed E-state index contributed by atoms with van der Waals surface area (Å²) in [7, 11) is 1.75. The SMILES string of the molecule is Cn1c(=O)n(C2CCC(=O)NC2=O)c2ccc(C3CC4CCC(C3)N4)cc21. The molecule has 0 radical (unpaired) electrons. The number of rotatable bonds is 2. The third-order valence-electron chi connectivity index (χ3n) is 6.58. The molecule has 27 heavy (non-hydrogen) atoms. The van der Waals surface area contributed by atoms with Gasteiger partial charge in [-0.15, -0.1) is 0 Å². The third kappa shape index (κ3) is 2.64. The maximum Gasteiger partial charge on any atom is 0.329 e. The first-order valence-electron chi connectivity index (χ1n) is 9.82. The second kappa shape index (κ2) is 6.05. The summed E-state index contributed by atoms with van der Waals surface area (Å²) < 4.78 is 3.17.